The Bertz CT molecular complexity index is 357. The fraction of sp³-hybridized carbons (Fsp3) is 0.417. The van der Waals surface area contributed by atoms with Crippen LogP contribution in [0.5, 0.6) is 5.75 Å². The molecule has 0 saturated carbocycles. The summed E-state index contributed by atoms with van der Waals surface area (Å²) in [5.41, 5.74) is 0. The van der Waals surface area contributed by atoms with Crippen molar-refractivity contribution in [2.24, 2.45) is 0 Å². The standard InChI is InChI=1S/C12H16FNO3/c1-16-7-3-6-14-12(15)9-17-11-5-2-4-10(13)8-11/h2,4-5,8H,3,6-7,9H2,1H3,(H,14,15). The average molecular weight is 241 g/mol. The second-order valence-electron chi connectivity index (χ2n) is 3.44. The summed E-state index contributed by atoms with van der Waals surface area (Å²) >= 11 is 0. The van der Waals surface area contributed by atoms with E-state index in [4.69, 9.17) is 9.47 Å². The first kappa shape index (κ1) is 13.4. The van der Waals surface area contributed by atoms with E-state index in [1.54, 1.807) is 13.2 Å². The Hall–Kier alpha value is -1.62. The van der Waals surface area contributed by atoms with Crippen LogP contribution in [0.3, 0.4) is 0 Å². The zero-order chi connectivity index (χ0) is 12.5. The van der Waals surface area contributed by atoms with Gasteiger partial charge < -0.3 is 14.8 Å². The number of carbonyl (C=O) groups excluding carboxylic acids is 1. The van der Waals surface area contributed by atoms with Gasteiger partial charge in [0.25, 0.3) is 5.91 Å². The number of nitrogens with one attached hydrogen (secondary N) is 1. The van der Waals surface area contributed by atoms with Gasteiger partial charge in [-0.3, -0.25) is 4.79 Å². The number of halogens is 1. The molecule has 0 aromatic heterocycles. The summed E-state index contributed by atoms with van der Waals surface area (Å²) in [7, 11) is 1.61. The number of amides is 1. The summed E-state index contributed by atoms with van der Waals surface area (Å²) < 4.78 is 22.7. The van der Waals surface area contributed by atoms with Gasteiger partial charge in [0, 0.05) is 26.3 Å². The monoisotopic (exact) mass is 241 g/mol. The molecule has 1 aromatic carbocycles. The van der Waals surface area contributed by atoms with E-state index in [9.17, 15) is 9.18 Å². The van der Waals surface area contributed by atoms with Crippen molar-refractivity contribution in [3.63, 3.8) is 0 Å². The molecule has 0 radical (unpaired) electrons. The van der Waals surface area contributed by atoms with Gasteiger partial charge in [-0.05, 0) is 18.6 Å². The maximum atomic E-state index is 12.8. The number of benzene rings is 1. The second kappa shape index (κ2) is 7.62. The maximum absolute atomic E-state index is 12.8. The van der Waals surface area contributed by atoms with E-state index in [-0.39, 0.29) is 18.3 Å². The van der Waals surface area contributed by atoms with Crippen molar-refractivity contribution in [2.75, 3.05) is 26.9 Å². The van der Waals surface area contributed by atoms with Crippen molar-refractivity contribution in [1.82, 2.24) is 5.32 Å². The van der Waals surface area contributed by atoms with Gasteiger partial charge in [-0.1, -0.05) is 6.07 Å². The van der Waals surface area contributed by atoms with Crippen molar-refractivity contribution < 1.29 is 18.7 Å². The Morgan fingerprint density at radius 2 is 2.29 bits per heavy atom. The molecule has 1 aromatic rings. The molecule has 0 heterocycles. The lowest BCUT2D eigenvalue weighted by Gasteiger charge is -2.07. The van der Waals surface area contributed by atoms with Crippen LogP contribution in [0.4, 0.5) is 4.39 Å². The Morgan fingerprint density at radius 1 is 1.47 bits per heavy atom. The molecule has 94 valence electrons. The number of hydrogen-bond acceptors (Lipinski definition) is 3. The summed E-state index contributed by atoms with van der Waals surface area (Å²) in [5, 5.41) is 2.66. The largest absolute Gasteiger partial charge is 0.484 e. The van der Waals surface area contributed by atoms with Gasteiger partial charge in [0.1, 0.15) is 11.6 Å². The van der Waals surface area contributed by atoms with Gasteiger partial charge in [-0.2, -0.15) is 0 Å². The summed E-state index contributed by atoms with van der Waals surface area (Å²) in [4.78, 5) is 11.3. The maximum Gasteiger partial charge on any atom is 0.257 e. The van der Waals surface area contributed by atoms with Gasteiger partial charge in [0.2, 0.25) is 0 Å². The first-order valence-electron chi connectivity index (χ1n) is 5.36. The van der Waals surface area contributed by atoms with Gasteiger partial charge in [0.05, 0.1) is 0 Å². The van der Waals surface area contributed by atoms with Gasteiger partial charge in [-0.25, -0.2) is 4.39 Å². The predicted octanol–water partition coefficient (Wildman–Crippen LogP) is 1.36. The number of methoxy groups -OCH3 is 1. The molecule has 0 bridgehead atoms. The van der Waals surface area contributed by atoms with Crippen LogP contribution in [0.2, 0.25) is 0 Å². The highest BCUT2D eigenvalue weighted by atomic mass is 19.1. The van der Waals surface area contributed by atoms with E-state index >= 15 is 0 Å². The third kappa shape index (κ3) is 5.87. The van der Waals surface area contributed by atoms with Crippen LogP contribution in [-0.2, 0) is 9.53 Å². The Balaban J connectivity index is 2.19. The highest BCUT2D eigenvalue weighted by Crippen LogP contribution is 2.11. The van der Waals surface area contributed by atoms with E-state index < -0.39 is 0 Å². The molecule has 5 heteroatoms. The van der Waals surface area contributed by atoms with Crippen molar-refractivity contribution in [3.05, 3.63) is 30.1 Å². The molecule has 1 amide bonds. The Morgan fingerprint density at radius 3 is 3.00 bits per heavy atom. The fourth-order valence-electron chi connectivity index (χ4n) is 1.20. The van der Waals surface area contributed by atoms with Gasteiger partial charge in [0.15, 0.2) is 6.61 Å². The summed E-state index contributed by atoms with van der Waals surface area (Å²) in [6, 6.07) is 5.68. The summed E-state index contributed by atoms with van der Waals surface area (Å²) in [6.07, 6.45) is 0.752. The molecular weight excluding hydrogens is 225 g/mol. The Labute approximate surface area is 99.7 Å². The normalized spacial score (nSPS) is 10.0. The second-order valence-corrected chi connectivity index (χ2v) is 3.44. The van der Waals surface area contributed by atoms with E-state index in [0.717, 1.165) is 6.42 Å². The molecule has 0 unspecified atom stereocenters. The van der Waals surface area contributed by atoms with Gasteiger partial charge >= 0.3 is 0 Å². The molecule has 4 nitrogen and oxygen atoms in total. The lowest BCUT2D eigenvalue weighted by atomic mass is 10.3. The zero-order valence-electron chi connectivity index (χ0n) is 9.74. The zero-order valence-corrected chi connectivity index (χ0v) is 9.74. The quantitative estimate of drug-likeness (QED) is 0.733. The molecule has 17 heavy (non-hydrogen) atoms. The van der Waals surface area contributed by atoms with E-state index in [1.165, 1.54) is 18.2 Å². The molecule has 1 N–H and O–H groups in total. The summed E-state index contributed by atoms with van der Waals surface area (Å²) in [5.74, 6) is -0.273. The molecule has 0 atom stereocenters. The molecule has 0 spiro atoms. The number of rotatable bonds is 7. The van der Waals surface area contributed by atoms with Crippen molar-refractivity contribution >= 4 is 5.91 Å². The average Bonchev–Trinajstić information content (AvgIpc) is 2.32. The molecule has 0 aliphatic heterocycles. The van der Waals surface area contributed by atoms with E-state index in [1.807, 2.05) is 0 Å². The van der Waals surface area contributed by atoms with Crippen LogP contribution in [0, 0.1) is 5.82 Å². The van der Waals surface area contributed by atoms with E-state index in [0.29, 0.717) is 18.9 Å². The lowest BCUT2D eigenvalue weighted by Crippen LogP contribution is -2.30. The molecule has 1 rings (SSSR count). The van der Waals surface area contributed by atoms with E-state index in [2.05, 4.69) is 5.32 Å². The minimum atomic E-state index is -0.386. The van der Waals surface area contributed by atoms with Crippen molar-refractivity contribution in [1.29, 1.82) is 0 Å². The minimum absolute atomic E-state index is 0.115. The lowest BCUT2D eigenvalue weighted by molar-refractivity contribution is -0.123. The first-order chi connectivity index (χ1) is 8.22. The molecule has 0 aliphatic rings. The third-order valence-corrected chi connectivity index (χ3v) is 2.01. The molecule has 0 saturated heterocycles. The number of ether oxygens (including phenoxy) is 2. The van der Waals surface area contributed by atoms with Gasteiger partial charge in [-0.15, -0.1) is 0 Å². The number of hydrogen-bond donors (Lipinski definition) is 1. The fourth-order valence-corrected chi connectivity index (χ4v) is 1.20. The van der Waals surface area contributed by atoms with Crippen molar-refractivity contribution in [3.8, 4) is 5.75 Å². The SMILES string of the molecule is COCCCNC(=O)COc1cccc(F)c1. The smallest absolute Gasteiger partial charge is 0.257 e. The highest BCUT2D eigenvalue weighted by molar-refractivity contribution is 5.77. The van der Waals surface area contributed by atoms with Crippen LogP contribution < -0.4 is 10.1 Å². The van der Waals surface area contributed by atoms with Crippen LogP contribution >= 0.6 is 0 Å². The molecule has 0 fully saturated rings. The van der Waals surface area contributed by atoms with Crippen LogP contribution in [0.25, 0.3) is 0 Å². The molecular formula is C12H16FNO3. The molecule has 0 aliphatic carbocycles. The van der Waals surface area contributed by atoms with Crippen LogP contribution in [-0.4, -0.2) is 32.8 Å². The Kier molecular flexibility index (Phi) is 6.03. The highest BCUT2D eigenvalue weighted by Gasteiger charge is 2.02. The predicted molar refractivity (Wildman–Crippen MR) is 61.4 cm³/mol. The minimum Gasteiger partial charge on any atom is -0.484 e. The first-order valence-corrected chi connectivity index (χ1v) is 5.36. The van der Waals surface area contributed by atoms with Crippen molar-refractivity contribution in [2.45, 2.75) is 6.42 Å². The third-order valence-electron chi connectivity index (χ3n) is 2.01. The van der Waals surface area contributed by atoms with Crippen LogP contribution in [0.15, 0.2) is 24.3 Å². The topological polar surface area (TPSA) is 47.6 Å². The number of carbonyl (C=O) groups is 1. The summed E-state index contributed by atoms with van der Waals surface area (Å²) in [6.45, 7) is 1.03. The van der Waals surface area contributed by atoms with Crippen LogP contribution in [0.1, 0.15) is 6.42 Å².